The van der Waals surface area contributed by atoms with E-state index in [1.54, 1.807) is 31.2 Å². The molecular weight excluding hydrogens is 338 g/mol. The van der Waals surface area contributed by atoms with Gasteiger partial charge in [-0.3, -0.25) is 19.3 Å². The van der Waals surface area contributed by atoms with E-state index in [0.29, 0.717) is 24.9 Å². The molecule has 2 N–H and O–H groups in total. The lowest BCUT2D eigenvalue weighted by Crippen LogP contribution is -2.45. The van der Waals surface area contributed by atoms with Gasteiger partial charge in [-0.2, -0.15) is 0 Å². The highest BCUT2D eigenvalue weighted by molar-refractivity contribution is 6.09. The van der Waals surface area contributed by atoms with Crippen molar-refractivity contribution in [2.24, 2.45) is 5.92 Å². The first-order chi connectivity index (χ1) is 12.4. The standard InChI is InChI=1S/C18H21N3O5/c1-2-18(13-6-4-3-5-7-13)16(25)21(17(26)19-18)11-14(22)20-9-8-12(10-20)15(23)24/h3-7,12H,2,8-11H2,1H3,(H,19,26)(H,23,24)/t12-,18+/m0/s1. The van der Waals surface area contributed by atoms with Gasteiger partial charge in [-0.1, -0.05) is 37.3 Å². The summed E-state index contributed by atoms with van der Waals surface area (Å²) in [6.45, 7) is 1.84. The maximum atomic E-state index is 13.0. The summed E-state index contributed by atoms with van der Waals surface area (Å²) in [5.41, 5.74) is -0.504. The maximum absolute atomic E-state index is 13.0. The van der Waals surface area contributed by atoms with Crippen LogP contribution in [-0.4, -0.2) is 58.4 Å². The summed E-state index contributed by atoms with van der Waals surface area (Å²) in [6, 6.07) is 8.33. The Morgan fingerprint density at radius 2 is 1.96 bits per heavy atom. The fraction of sp³-hybridized carbons (Fsp3) is 0.444. The minimum absolute atomic E-state index is 0.107. The van der Waals surface area contributed by atoms with Crippen molar-refractivity contribution >= 4 is 23.8 Å². The molecular formula is C18H21N3O5. The van der Waals surface area contributed by atoms with Crippen LogP contribution in [0.3, 0.4) is 0 Å². The molecule has 2 fully saturated rings. The molecule has 0 bridgehead atoms. The van der Waals surface area contributed by atoms with E-state index in [4.69, 9.17) is 5.11 Å². The van der Waals surface area contributed by atoms with E-state index in [0.717, 1.165) is 4.90 Å². The fourth-order valence-electron chi connectivity index (χ4n) is 3.56. The molecule has 0 radical (unpaired) electrons. The summed E-state index contributed by atoms with van der Waals surface area (Å²) >= 11 is 0. The number of aliphatic carboxylic acids is 1. The van der Waals surface area contributed by atoms with Gasteiger partial charge in [0.15, 0.2) is 0 Å². The van der Waals surface area contributed by atoms with Crippen molar-refractivity contribution in [2.45, 2.75) is 25.3 Å². The Kier molecular flexibility index (Phi) is 4.67. The first-order valence-electron chi connectivity index (χ1n) is 8.59. The normalized spacial score (nSPS) is 25.5. The minimum Gasteiger partial charge on any atom is -0.481 e. The zero-order valence-electron chi connectivity index (χ0n) is 14.5. The molecule has 0 spiro atoms. The number of nitrogens with one attached hydrogen (secondary N) is 1. The quantitative estimate of drug-likeness (QED) is 0.756. The van der Waals surface area contributed by atoms with Gasteiger partial charge in [0.05, 0.1) is 5.92 Å². The zero-order chi connectivity index (χ0) is 18.9. The molecule has 1 aromatic rings. The van der Waals surface area contributed by atoms with Gasteiger partial charge in [0, 0.05) is 13.1 Å². The SMILES string of the molecule is CC[C@]1(c2ccccc2)NC(=O)N(CC(=O)N2CC[C@H](C(=O)O)C2)C1=O. The van der Waals surface area contributed by atoms with Gasteiger partial charge in [-0.15, -0.1) is 0 Å². The third kappa shape index (κ3) is 2.91. The number of likely N-dealkylation sites (tertiary alicyclic amines) is 1. The van der Waals surface area contributed by atoms with Crippen LogP contribution in [0, 0.1) is 5.92 Å². The third-order valence-corrected chi connectivity index (χ3v) is 5.16. The van der Waals surface area contributed by atoms with Crippen LogP contribution in [0.4, 0.5) is 4.79 Å². The summed E-state index contributed by atoms with van der Waals surface area (Å²) in [6.07, 6.45) is 0.737. The lowest BCUT2D eigenvalue weighted by Gasteiger charge is -2.26. The Morgan fingerprint density at radius 1 is 1.27 bits per heavy atom. The monoisotopic (exact) mass is 359 g/mol. The van der Waals surface area contributed by atoms with Crippen molar-refractivity contribution in [3.05, 3.63) is 35.9 Å². The number of rotatable bonds is 5. The number of carboxylic acid groups (broad SMARTS) is 1. The third-order valence-electron chi connectivity index (χ3n) is 5.16. The first-order valence-corrected chi connectivity index (χ1v) is 8.59. The summed E-state index contributed by atoms with van der Waals surface area (Å²) in [5, 5.41) is 11.8. The van der Waals surface area contributed by atoms with E-state index in [9.17, 15) is 19.2 Å². The van der Waals surface area contributed by atoms with Crippen molar-refractivity contribution in [3.63, 3.8) is 0 Å². The Morgan fingerprint density at radius 3 is 2.54 bits per heavy atom. The molecule has 0 unspecified atom stereocenters. The first kappa shape index (κ1) is 17.9. The molecule has 2 aliphatic heterocycles. The number of carboxylic acids is 1. The van der Waals surface area contributed by atoms with Crippen molar-refractivity contribution in [3.8, 4) is 0 Å². The van der Waals surface area contributed by atoms with E-state index >= 15 is 0 Å². The van der Waals surface area contributed by atoms with Crippen LogP contribution < -0.4 is 5.32 Å². The van der Waals surface area contributed by atoms with Gasteiger partial charge in [0.2, 0.25) is 5.91 Å². The van der Waals surface area contributed by atoms with Crippen LogP contribution in [0.2, 0.25) is 0 Å². The predicted octanol–water partition coefficient (Wildman–Crippen LogP) is 0.777. The van der Waals surface area contributed by atoms with E-state index < -0.39 is 35.3 Å². The summed E-state index contributed by atoms with van der Waals surface area (Å²) in [7, 11) is 0. The van der Waals surface area contributed by atoms with Gasteiger partial charge in [-0.05, 0) is 18.4 Å². The van der Waals surface area contributed by atoms with Gasteiger partial charge in [0.1, 0.15) is 12.1 Å². The minimum atomic E-state index is -1.17. The molecule has 8 nitrogen and oxygen atoms in total. The number of hydrogen-bond acceptors (Lipinski definition) is 4. The summed E-state index contributed by atoms with van der Waals surface area (Å²) in [4.78, 5) is 51.2. The van der Waals surface area contributed by atoms with Gasteiger partial charge >= 0.3 is 12.0 Å². The van der Waals surface area contributed by atoms with Crippen LogP contribution in [-0.2, 0) is 19.9 Å². The molecule has 0 saturated carbocycles. The Balaban J connectivity index is 1.75. The number of nitrogens with zero attached hydrogens (tertiary/aromatic N) is 2. The fourth-order valence-corrected chi connectivity index (χ4v) is 3.56. The van der Waals surface area contributed by atoms with Gasteiger partial charge in [0.25, 0.3) is 5.91 Å². The van der Waals surface area contributed by atoms with Gasteiger partial charge in [-0.25, -0.2) is 4.79 Å². The maximum Gasteiger partial charge on any atom is 0.325 e. The molecule has 2 heterocycles. The van der Waals surface area contributed by atoms with Gasteiger partial charge < -0.3 is 15.3 Å². The lowest BCUT2D eigenvalue weighted by atomic mass is 9.87. The molecule has 2 saturated heterocycles. The van der Waals surface area contributed by atoms with E-state index in [2.05, 4.69) is 5.32 Å². The average Bonchev–Trinajstić information content (AvgIpc) is 3.22. The van der Waals surface area contributed by atoms with Crippen LogP contribution in [0.1, 0.15) is 25.3 Å². The molecule has 4 amide bonds. The molecule has 0 aromatic heterocycles. The van der Waals surface area contributed by atoms with Crippen LogP contribution in [0.5, 0.6) is 0 Å². The van der Waals surface area contributed by atoms with Crippen molar-refractivity contribution in [1.82, 2.24) is 15.1 Å². The van der Waals surface area contributed by atoms with Crippen molar-refractivity contribution in [2.75, 3.05) is 19.6 Å². The molecule has 2 atom stereocenters. The number of carbonyl (C=O) groups excluding carboxylic acids is 3. The number of hydrogen-bond donors (Lipinski definition) is 2. The number of amides is 4. The number of urea groups is 1. The second kappa shape index (κ2) is 6.78. The second-order valence-electron chi connectivity index (χ2n) is 6.61. The average molecular weight is 359 g/mol. The zero-order valence-corrected chi connectivity index (χ0v) is 14.5. The Bertz CT molecular complexity index is 750. The van der Waals surface area contributed by atoms with Crippen LogP contribution in [0.15, 0.2) is 30.3 Å². The smallest absolute Gasteiger partial charge is 0.325 e. The topological polar surface area (TPSA) is 107 Å². The second-order valence-corrected chi connectivity index (χ2v) is 6.61. The number of carbonyl (C=O) groups is 4. The molecule has 138 valence electrons. The molecule has 26 heavy (non-hydrogen) atoms. The molecule has 1 aromatic carbocycles. The van der Waals surface area contributed by atoms with Crippen LogP contribution >= 0.6 is 0 Å². The summed E-state index contributed by atoms with van der Waals surface area (Å²) in [5.74, 6) is -2.42. The van der Waals surface area contributed by atoms with E-state index in [1.165, 1.54) is 4.90 Å². The molecule has 3 rings (SSSR count). The largest absolute Gasteiger partial charge is 0.481 e. The summed E-state index contributed by atoms with van der Waals surface area (Å²) < 4.78 is 0. The molecule has 8 heteroatoms. The highest BCUT2D eigenvalue weighted by Crippen LogP contribution is 2.32. The van der Waals surface area contributed by atoms with Crippen molar-refractivity contribution < 1.29 is 24.3 Å². The molecule has 0 aliphatic carbocycles. The van der Waals surface area contributed by atoms with E-state index in [-0.39, 0.29) is 13.1 Å². The highest BCUT2D eigenvalue weighted by atomic mass is 16.4. The Labute approximate surface area is 150 Å². The highest BCUT2D eigenvalue weighted by Gasteiger charge is 2.52. The van der Waals surface area contributed by atoms with E-state index in [1.807, 2.05) is 6.07 Å². The number of benzene rings is 1. The number of imide groups is 1. The van der Waals surface area contributed by atoms with Crippen LogP contribution in [0.25, 0.3) is 0 Å². The Hall–Kier alpha value is -2.90. The molecule has 2 aliphatic rings. The predicted molar refractivity (Wildman–Crippen MR) is 91.0 cm³/mol. The lowest BCUT2D eigenvalue weighted by molar-refractivity contribution is -0.142. The van der Waals surface area contributed by atoms with Crippen molar-refractivity contribution in [1.29, 1.82) is 0 Å².